The lowest BCUT2D eigenvalue weighted by Crippen LogP contribution is -2.02. The average molecular weight is 254 g/mol. The smallest absolute Gasteiger partial charge is 0.0830 e. The lowest BCUT2D eigenvalue weighted by atomic mass is 9.97. The van der Waals surface area contributed by atoms with Crippen molar-refractivity contribution in [1.82, 2.24) is 0 Å². The molecular formula is C18H22O. The van der Waals surface area contributed by atoms with Crippen LogP contribution in [0.25, 0.3) is 0 Å². The van der Waals surface area contributed by atoms with Gasteiger partial charge in [-0.15, -0.1) is 0 Å². The van der Waals surface area contributed by atoms with Gasteiger partial charge in [-0.1, -0.05) is 67.9 Å². The summed E-state index contributed by atoms with van der Waals surface area (Å²) >= 11 is 0. The van der Waals surface area contributed by atoms with Crippen LogP contribution < -0.4 is 0 Å². The molecule has 0 saturated carbocycles. The number of hydrogen-bond donors (Lipinski definition) is 1. The predicted molar refractivity (Wildman–Crippen MR) is 80.4 cm³/mol. The highest BCUT2D eigenvalue weighted by Gasteiger charge is 2.09. The fraction of sp³-hybridized carbons (Fsp3) is 0.333. The first-order valence-electron chi connectivity index (χ1n) is 6.89. The Morgan fingerprint density at radius 3 is 2.21 bits per heavy atom. The van der Waals surface area contributed by atoms with Gasteiger partial charge in [0.2, 0.25) is 0 Å². The summed E-state index contributed by atoms with van der Waals surface area (Å²) in [5.74, 6) is 0.552. The van der Waals surface area contributed by atoms with Gasteiger partial charge in [0.05, 0.1) is 6.10 Å². The van der Waals surface area contributed by atoms with Gasteiger partial charge in [0.15, 0.2) is 0 Å². The summed E-state index contributed by atoms with van der Waals surface area (Å²) in [5.41, 5.74) is 4.70. The summed E-state index contributed by atoms with van der Waals surface area (Å²) < 4.78 is 0. The Hall–Kier alpha value is -1.60. The van der Waals surface area contributed by atoms with Crippen LogP contribution >= 0.6 is 0 Å². The van der Waals surface area contributed by atoms with Crippen molar-refractivity contribution in [3.8, 4) is 0 Å². The molecule has 1 N–H and O–H groups in total. The Labute approximate surface area is 115 Å². The van der Waals surface area contributed by atoms with Crippen LogP contribution in [0.15, 0.2) is 48.5 Å². The first kappa shape index (κ1) is 13.8. The number of aliphatic hydroxyl groups is 1. The van der Waals surface area contributed by atoms with Gasteiger partial charge < -0.3 is 5.11 Å². The largest absolute Gasteiger partial charge is 0.388 e. The molecule has 0 aromatic heterocycles. The van der Waals surface area contributed by atoms with Crippen LogP contribution in [0.2, 0.25) is 0 Å². The third-order valence-electron chi connectivity index (χ3n) is 3.50. The summed E-state index contributed by atoms with van der Waals surface area (Å²) in [6.45, 7) is 6.43. The fourth-order valence-corrected chi connectivity index (χ4v) is 2.26. The minimum absolute atomic E-state index is 0.426. The summed E-state index contributed by atoms with van der Waals surface area (Å²) in [4.78, 5) is 0. The normalized spacial score (nSPS) is 12.7. The predicted octanol–water partition coefficient (Wildman–Crippen LogP) is 4.39. The molecule has 2 rings (SSSR count). The van der Waals surface area contributed by atoms with Crippen LogP contribution in [0, 0.1) is 6.92 Å². The number of rotatable bonds is 4. The molecule has 2 aromatic carbocycles. The molecule has 1 atom stereocenters. The van der Waals surface area contributed by atoms with Gasteiger partial charge >= 0.3 is 0 Å². The van der Waals surface area contributed by atoms with E-state index in [1.807, 2.05) is 31.2 Å². The van der Waals surface area contributed by atoms with Crippen LogP contribution in [0.3, 0.4) is 0 Å². The van der Waals surface area contributed by atoms with E-state index < -0.39 is 6.10 Å². The maximum Gasteiger partial charge on any atom is 0.0830 e. The molecule has 1 nitrogen and oxygen atoms in total. The average Bonchev–Trinajstić information content (AvgIpc) is 2.39. The van der Waals surface area contributed by atoms with Crippen LogP contribution in [0.5, 0.6) is 0 Å². The van der Waals surface area contributed by atoms with Gasteiger partial charge in [-0.05, 0) is 29.5 Å². The zero-order valence-electron chi connectivity index (χ0n) is 11.9. The highest BCUT2D eigenvalue weighted by Crippen LogP contribution is 2.21. The first-order chi connectivity index (χ1) is 9.06. The highest BCUT2D eigenvalue weighted by molar-refractivity contribution is 5.28. The second-order valence-corrected chi connectivity index (χ2v) is 5.53. The third-order valence-corrected chi connectivity index (χ3v) is 3.50. The molecule has 2 aromatic rings. The Balaban J connectivity index is 2.08. The van der Waals surface area contributed by atoms with E-state index in [0.29, 0.717) is 12.3 Å². The Bertz CT molecular complexity index is 526. The first-order valence-corrected chi connectivity index (χ1v) is 6.89. The highest BCUT2D eigenvalue weighted by atomic mass is 16.3. The molecule has 0 radical (unpaired) electrons. The molecule has 0 heterocycles. The Morgan fingerprint density at radius 2 is 1.63 bits per heavy atom. The van der Waals surface area contributed by atoms with E-state index >= 15 is 0 Å². The molecule has 1 unspecified atom stereocenters. The van der Waals surface area contributed by atoms with E-state index in [1.165, 1.54) is 16.7 Å². The van der Waals surface area contributed by atoms with Crippen molar-refractivity contribution in [1.29, 1.82) is 0 Å². The summed E-state index contributed by atoms with van der Waals surface area (Å²) in [7, 11) is 0. The molecule has 0 spiro atoms. The molecule has 0 aliphatic rings. The monoisotopic (exact) mass is 254 g/mol. The van der Waals surface area contributed by atoms with Crippen molar-refractivity contribution >= 4 is 0 Å². The third kappa shape index (κ3) is 3.68. The molecule has 100 valence electrons. The lowest BCUT2D eigenvalue weighted by Gasteiger charge is -2.13. The van der Waals surface area contributed by atoms with E-state index in [9.17, 15) is 5.11 Å². The summed E-state index contributed by atoms with van der Waals surface area (Å²) in [6, 6.07) is 16.6. The summed E-state index contributed by atoms with van der Waals surface area (Å²) in [6.07, 6.45) is 0.242. The van der Waals surface area contributed by atoms with Gasteiger partial charge in [0, 0.05) is 6.42 Å². The van der Waals surface area contributed by atoms with Gasteiger partial charge in [-0.3, -0.25) is 0 Å². The zero-order chi connectivity index (χ0) is 13.8. The van der Waals surface area contributed by atoms with Crippen LogP contribution in [-0.2, 0) is 6.42 Å². The number of hydrogen-bond acceptors (Lipinski definition) is 1. The van der Waals surface area contributed by atoms with Gasteiger partial charge in [-0.25, -0.2) is 0 Å². The topological polar surface area (TPSA) is 20.2 Å². The molecule has 0 aliphatic heterocycles. The molecule has 0 saturated heterocycles. The molecule has 0 fully saturated rings. The Morgan fingerprint density at radius 1 is 0.947 bits per heavy atom. The minimum Gasteiger partial charge on any atom is -0.388 e. The van der Waals surface area contributed by atoms with Crippen LogP contribution in [-0.4, -0.2) is 5.11 Å². The van der Waals surface area contributed by atoms with Crippen molar-refractivity contribution in [2.75, 3.05) is 0 Å². The molecule has 0 bridgehead atoms. The quantitative estimate of drug-likeness (QED) is 0.857. The lowest BCUT2D eigenvalue weighted by molar-refractivity contribution is 0.178. The minimum atomic E-state index is -0.426. The van der Waals surface area contributed by atoms with E-state index in [4.69, 9.17) is 0 Å². The standard InChI is InChI=1S/C18H22O/c1-13(2)16-9-7-15(8-10-16)12-18(19)17-6-4-5-14(3)11-17/h4-11,13,18-19H,12H2,1-3H3. The second kappa shape index (κ2) is 6.03. The molecule has 1 heteroatoms. The maximum absolute atomic E-state index is 10.3. The molecule has 0 amide bonds. The molecule has 0 aliphatic carbocycles. The second-order valence-electron chi connectivity index (χ2n) is 5.53. The number of benzene rings is 2. The number of aryl methyl sites for hydroxylation is 1. The van der Waals surface area contributed by atoms with Gasteiger partial charge in [0.1, 0.15) is 0 Å². The van der Waals surface area contributed by atoms with E-state index in [0.717, 1.165) is 5.56 Å². The molecule has 19 heavy (non-hydrogen) atoms. The van der Waals surface area contributed by atoms with Gasteiger partial charge in [-0.2, -0.15) is 0 Å². The van der Waals surface area contributed by atoms with Crippen molar-refractivity contribution in [3.63, 3.8) is 0 Å². The molecular weight excluding hydrogens is 232 g/mol. The summed E-state index contributed by atoms with van der Waals surface area (Å²) in [5, 5.41) is 10.3. The zero-order valence-corrected chi connectivity index (χ0v) is 11.9. The van der Waals surface area contributed by atoms with Crippen molar-refractivity contribution in [3.05, 3.63) is 70.8 Å². The Kier molecular flexibility index (Phi) is 4.39. The van der Waals surface area contributed by atoms with Gasteiger partial charge in [0.25, 0.3) is 0 Å². The van der Waals surface area contributed by atoms with E-state index in [2.05, 4.69) is 38.1 Å². The van der Waals surface area contributed by atoms with E-state index in [-0.39, 0.29) is 0 Å². The van der Waals surface area contributed by atoms with Crippen molar-refractivity contribution in [2.24, 2.45) is 0 Å². The van der Waals surface area contributed by atoms with Crippen molar-refractivity contribution in [2.45, 2.75) is 39.2 Å². The maximum atomic E-state index is 10.3. The SMILES string of the molecule is Cc1cccc(C(O)Cc2ccc(C(C)C)cc2)c1. The fourth-order valence-electron chi connectivity index (χ4n) is 2.26. The van der Waals surface area contributed by atoms with E-state index in [1.54, 1.807) is 0 Å². The number of aliphatic hydroxyl groups excluding tert-OH is 1. The van der Waals surface area contributed by atoms with Crippen LogP contribution in [0.4, 0.5) is 0 Å². The van der Waals surface area contributed by atoms with Crippen molar-refractivity contribution < 1.29 is 5.11 Å². The van der Waals surface area contributed by atoms with Crippen LogP contribution in [0.1, 0.15) is 48.1 Å².